The van der Waals surface area contributed by atoms with E-state index in [4.69, 9.17) is 9.47 Å². The summed E-state index contributed by atoms with van der Waals surface area (Å²) in [5.74, 6) is -2.34. The van der Waals surface area contributed by atoms with Crippen molar-refractivity contribution in [3.8, 4) is 11.5 Å². The van der Waals surface area contributed by atoms with Gasteiger partial charge in [-0.15, -0.1) is 0 Å². The highest BCUT2D eigenvalue weighted by atomic mass is 16.5. The molecule has 0 fully saturated rings. The Balaban J connectivity index is 1.64. The van der Waals surface area contributed by atoms with Crippen molar-refractivity contribution >= 4 is 11.9 Å². The molecule has 0 heterocycles. The molecule has 0 saturated heterocycles. The molecule has 0 atom stereocenters. The van der Waals surface area contributed by atoms with E-state index >= 15 is 0 Å². The predicted molar refractivity (Wildman–Crippen MR) is 121 cm³/mol. The lowest BCUT2D eigenvalue weighted by Crippen LogP contribution is -2.11. The van der Waals surface area contributed by atoms with E-state index in [2.05, 4.69) is 0 Å². The minimum absolute atomic E-state index is 0.0274. The zero-order chi connectivity index (χ0) is 22.8. The number of aromatic carboxylic acids is 2. The van der Waals surface area contributed by atoms with Gasteiger partial charge in [-0.05, 0) is 48.9 Å². The molecule has 0 aliphatic heterocycles. The topological polar surface area (TPSA) is 93.1 Å². The highest BCUT2D eigenvalue weighted by Crippen LogP contribution is 2.30. The largest absolute Gasteiger partial charge is 0.493 e. The summed E-state index contributed by atoms with van der Waals surface area (Å²) in [5, 5.41) is 19.2. The van der Waals surface area contributed by atoms with Crippen LogP contribution in [0.25, 0.3) is 0 Å². The molecule has 0 bridgehead atoms. The van der Waals surface area contributed by atoms with Gasteiger partial charge in [-0.3, -0.25) is 0 Å². The summed E-state index contributed by atoms with van der Waals surface area (Å²) >= 11 is 0. The Morgan fingerprint density at radius 2 is 1.00 bits per heavy atom. The number of ether oxygens (including phenoxy) is 2. The van der Waals surface area contributed by atoms with Gasteiger partial charge in [0, 0.05) is 0 Å². The van der Waals surface area contributed by atoms with Crippen LogP contribution in [-0.2, 0) is 12.8 Å². The van der Waals surface area contributed by atoms with Crippen LogP contribution in [-0.4, -0.2) is 35.4 Å². The first-order valence-electron chi connectivity index (χ1n) is 10.5. The Morgan fingerprint density at radius 1 is 0.625 bits per heavy atom. The first-order valence-corrected chi connectivity index (χ1v) is 10.5. The van der Waals surface area contributed by atoms with Crippen LogP contribution in [0.5, 0.6) is 11.5 Å². The Bertz CT molecular complexity index is 946. The molecular weight excluding hydrogens is 408 g/mol. The molecule has 0 radical (unpaired) electrons. The minimum Gasteiger partial charge on any atom is -0.493 e. The van der Waals surface area contributed by atoms with Crippen LogP contribution >= 0.6 is 0 Å². The Hall–Kier alpha value is -3.80. The van der Waals surface area contributed by atoms with Gasteiger partial charge in [0.15, 0.2) is 0 Å². The third-order valence-corrected chi connectivity index (χ3v) is 4.96. The van der Waals surface area contributed by atoms with Gasteiger partial charge in [-0.1, -0.05) is 60.7 Å². The van der Waals surface area contributed by atoms with E-state index in [0.717, 1.165) is 24.0 Å². The standard InChI is InChI=1S/C26H26O6/c27-25(28)21-18-24(32-16-8-14-20-11-5-2-6-12-20)22(26(29)30)17-23(21)31-15-7-13-19-9-3-1-4-10-19/h1-6,9-12,17-18H,7-8,13-16H2,(H,27,28)(H,29,30). The molecule has 0 aliphatic carbocycles. The second-order valence-electron chi connectivity index (χ2n) is 7.33. The lowest BCUT2D eigenvalue weighted by Gasteiger charge is -2.14. The summed E-state index contributed by atoms with van der Waals surface area (Å²) in [7, 11) is 0. The number of carboxylic acid groups (broad SMARTS) is 2. The second-order valence-corrected chi connectivity index (χ2v) is 7.33. The molecule has 2 N–H and O–H groups in total. The molecule has 6 heteroatoms. The SMILES string of the molecule is O=C(O)c1cc(OCCCc2ccccc2)c(C(=O)O)cc1OCCCc1ccccc1. The quantitative estimate of drug-likeness (QED) is 0.385. The van der Waals surface area contributed by atoms with Crippen molar-refractivity contribution in [1.82, 2.24) is 0 Å². The fourth-order valence-corrected chi connectivity index (χ4v) is 3.34. The maximum atomic E-state index is 11.7. The minimum atomic E-state index is -1.20. The summed E-state index contributed by atoms with van der Waals surface area (Å²) in [4.78, 5) is 23.5. The van der Waals surface area contributed by atoms with E-state index in [1.807, 2.05) is 60.7 Å². The van der Waals surface area contributed by atoms with Crippen molar-refractivity contribution in [2.45, 2.75) is 25.7 Å². The van der Waals surface area contributed by atoms with E-state index in [1.165, 1.54) is 12.1 Å². The second kappa shape index (κ2) is 11.6. The fourth-order valence-electron chi connectivity index (χ4n) is 3.34. The number of rotatable bonds is 12. The maximum absolute atomic E-state index is 11.7. The van der Waals surface area contributed by atoms with Gasteiger partial charge in [0.1, 0.15) is 22.6 Å². The number of carbonyl (C=O) groups is 2. The van der Waals surface area contributed by atoms with Crippen LogP contribution in [0.15, 0.2) is 72.8 Å². The molecular formula is C26H26O6. The van der Waals surface area contributed by atoms with Crippen LogP contribution in [0, 0.1) is 0 Å². The van der Waals surface area contributed by atoms with Crippen molar-refractivity contribution in [3.63, 3.8) is 0 Å². The van der Waals surface area contributed by atoms with Crippen LogP contribution < -0.4 is 9.47 Å². The summed E-state index contributed by atoms with van der Waals surface area (Å²) < 4.78 is 11.3. The summed E-state index contributed by atoms with van der Waals surface area (Å²) in [6.07, 6.45) is 2.89. The van der Waals surface area contributed by atoms with Gasteiger partial charge in [-0.2, -0.15) is 0 Å². The number of benzene rings is 3. The summed E-state index contributed by atoms with van der Waals surface area (Å²) in [6.45, 7) is 0.539. The van der Waals surface area contributed by atoms with Gasteiger partial charge in [0.05, 0.1) is 13.2 Å². The van der Waals surface area contributed by atoms with Gasteiger partial charge >= 0.3 is 11.9 Å². The van der Waals surface area contributed by atoms with Gasteiger partial charge in [0.2, 0.25) is 0 Å². The molecule has 0 spiro atoms. The van der Waals surface area contributed by atoms with E-state index in [0.29, 0.717) is 12.8 Å². The Kier molecular flexibility index (Phi) is 8.26. The number of carboxylic acids is 2. The van der Waals surface area contributed by atoms with Crippen molar-refractivity contribution in [3.05, 3.63) is 95.1 Å². The zero-order valence-corrected chi connectivity index (χ0v) is 17.7. The van der Waals surface area contributed by atoms with Crippen LogP contribution in [0.1, 0.15) is 44.7 Å². The van der Waals surface area contributed by atoms with E-state index < -0.39 is 11.9 Å². The predicted octanol–water partition coefficient (Wildman–Crippen LogP) is 5.11. The highest BCUT2D eigenvalue weighted by molar-refractivity contribution is 5.97. The van der Waals surface area contributed by atoms with Crippen LogP contribution in [0.3, 0.4) is 0 Å². The van der Waals surface area contributed by atoms with Gasteiger partial charge in [-0.25, -0.2) is 9.59 Å². The van der Waals surface area contributed by atoms with Crippen LogP contribution in [0.4, 0.5) is 0 Å². The molecule has 0 aromatic heterocycles. The lowest BCUT2D eigenvalue weighted by atomic mass is 10.1. The number of hydrogen-bond donors (Lipinski definition) is 2. The van der Waals surface area contributed by atoms with Crippen LogP contribution in [0.2, 0.25) is 0 Å². The first kappa shape index (κ1) is 22.9. The maximum Gasteiger partial charge on any atom is 0.339 e. The fraction of sp³-hybridized carbons (Fsp3) is 0.231. The average molecular weight is 434 g/mol. The van der Waals surface area contributed by atoms with E-state index in [9.17, 15) is 19.8 Å². The van der Waals surface area contributed by atoms with Crippen molar-refractivity contribution < 1.29 is 29.3 Å². The highest BCUT2D eigenvalue weighted by Gasteiger charge is 2.21. The molecule has 3 rings (SSSR count). The van der Waals surface area contributed by atoms with E-state index in [-0.39, 0.29) is 35.8 Å². The Morgan fingerprint density at radius 3 is 1.34 bits per heavy atom. The van der Waals surface area contributed by atoms with Crippen molar-refractivity contribution in [2.24, 2.45) is 0 Å². The van der Waals surface area contributed by atoms with Crippen molar-refractivity contribution in [2.75, 3.05) is 13.2 Å². The molecule has 3 aromatic carbocycles. The first-order chi connectivity index (χ1) is 15.5. The molecule has 32 heavy (non-hydrogen) atoms. The van der Waals surface area contributed by atoms with E-state index in [1.54, 1.807) is 0 Å². The molecule has 0 saturated carbocycles. The van der Waals surface area contributed by atoms with Gasteiger partial charge in [0.25, 0.3) is 0 Å². The smallest absolute Gasteiger partial charge is 0.339 e. The molecule has 166 valence electrons. The normalized spacial score (nSPS) is 10.5. The number of aryl methyl sites for hydroxylation is 2. The Labute approximate surface area is 187 Å². The monoisotopic (exact) mass is 434 g/mol. The third kappa shape index (κ3) is 6.60. The molecule has 3 aromatic rings. The van der Waals surface area contributed by atoms with Gasteiger partial charge < -0.3 is 19.7 Å². The number of hydrogen-bond acceptors (Lipinski definition) is 4. The molecule has 0 amide bonds. The molecule has 0 aliphatic rings. The average Bonchev–Trinajstić information content (AvgIpc) is 2.80. The molecule has 0 unspecified atom stereocenters. The zero-order valence-electron chi connectivity index (χ0n) is 17.7. The lowest BCUT2D eigenvalue weighted by molar-refractivity contribution is 0.0672. The third-order valence-electron chi connectivity index (χ3n) is 4.96. The summed E-state index contributed by atoms with van der Waals surface area (Å²) in [6, 6.07) is 22.2. The summed E-state index contributed by atoms with van der Waals surface area (Å²) in [5.41, 5.74) is 2.07. The molecule has 6 nitrogen and oxygen atoms in total. The van der Waals surface area contributed by atoms with Crippen molar-refractivity contribution in [1.29, 1.82) is 0 Å².